The Hall–Kier alpha value is -3.26. The summed E-state index contributed by atoms with van der Waals surface area (Å²) in [6.07, 6.45) is 1.07. The lowest BCUT2D eigenvalue weighted by Crippen LogP contribution is -2.33. The highest BCUT2D eigenvalue weighted by Gasteiger charge is 2.18. The van der Waals surface area contributed by atoms with Crippen LogP contribution in [0.3, 0.4) is 0 Å². The summed E-state index contributed by atoms with van der Waals surface area (Å²) in [5, 5.41) is 7.22. The second-order valence-electron chi connectivity index (χ2n) is 8.28. The highest BCUT2D eigenvalue weighted by Crippen LogP contribution is 2.35. The molecule has 0 fully saturated rings. The van der Waals surface area contributed by atoms with Gasteiger partial charge in [-0.3, -0.25) is 10.1 Å². The van der Waals surface area contributed by atoms with Gasteiger partial charge in [-0.1, -0.05) is 49.7 Å². The lowest BCUT2D eigenvalue weighted by Gasteiger charge is -2.09. The summed E-state index contributed by atoms with van der Waals surface area (Å²) in [5.41, 5.74) is 4.45. The number of rotatable bonds is 5. The third-order valence-corrected chi connectivity index (χ3v) is 7.83. The standard InChI is InChI=1S/C27H22ClN3O2S2/c1-3-15(2)17-10-13-21-20(14-17)30-26(33-21)16-8-11-18(12-9-16)29-27(34)31-25(32)24-23(28)19-6-4-5-7-22(19)35-24/h4-15H,3H2,1-2H3,(H2,29,31,32,34)/t15-/m1/s1. The van der Waals surface area contributed by atoms with Gasteiger partial charge in [0.05, 0.1) is 5.02 Å². The van der Waals surface area contributed by atoms with Gasteiger partial charge < -0.3 is 9.73 Å². The fourth-order valence-electron chi connectivity index (χ4n) is 3.79. The number of hydrogen-bond donors (Lipinski definition) is 2. The molecule has 2 N–H and O–H groups in total. The third-order valence-electron chi connectivity index (χ3n) is 5.95. The Labute approximate surface area is 217 Å². The predicted molar refractivity (Wildman–Crippen MR) is 149 cm³/mol. The minimum Gasteiger partial charge on any atom is -0.436 e. The first-order valence-corrected chi connectivity index (χ1v) is 12.8. The minimum absolute atomic E-state index is 0.190. The van der Waals surface area contributed by atoms with Gasteiger partial charge in [-0.15, -0.1) is 11.3 Å². The Bertz CT molecular complexity index is 1560. The van der Waals surface area contributed by atoms with Gasteiger partial charge in [-0.05, 0) is 72.6 Å². The summed E-state index contributed by atoms with van der Waals surface area (Å²) in [6, 6.07) is 21.3. The second kappa shape index (κ2) is 9.77. The fourth-order valence-corrected chi connectivity index (χ4v) is 5.41. The van der Waals surface area contributed by atoms with Crippen molar-refractivity contribution in [1.29, 1.82) is 0 Å². The Balaban J connectivity index is 1.27. The van der Waals surface area contributed by atoms with Crippen LogP contribution >= 0.6 is 35.2 Å². The molecule has 0 bridgehead atoms. The number of halogens is 1. The summed E-state index contributed by atoms with van der Waals surface area (Å²) in [6.45, 7) is 4.38. The van der Waals surface area contributed by atoms with Gasteiger partial charge in [0, 0.05) is 21.3 Å². The van der Waals surface area contributed by atoms with Crippen molar-refractivity contribution in [2.24, 2.45) is 0 Å². The highest BCUT2D eigenvalue weighted by atomic mass is 35.5. The van der Waals surface area contributed by atoms with Crippen molar-refractivity contribution in [3.05, 3.63) is 82.2 Å². The van der Waals surface area contributed by atoms with Crippen molar-refractivity contribution in [3.8, 4) is 11.5 Å². The lowest BCUT2D eigenvalue weighted by atomic mass is 9.98. The van der Waals surface area contributed by atoms with E-state index in [1.165, 1.54) is 16.9 Å². The number of aromatic nitrogens is 1. The van der Waals surface area contributed by atoms with Crippen LogP contribution in [0, 0.1) is 0 Å². The summed E-state index contributed by atoms with van der Waals surface area (Å²) in [4.78, 5) is 17.8. The predicted octanol–water partition coefficient (Wildman–Crippen LogP) is 8.00. The molecule has 8 heteroatoms. The van der Waals surface area contributed by atoms with Crippen molar-refractivity contribution in [1.82, 2.24) is 10.3 Å². The Morgan fingerprint density at radius 1 is 1.14 bits per heavy atom. The average molecular weight is 520 g/mol. The van der Waals surface area contributed by atoms with E-state index < -0.39 is 0 Å². The van der Waals surface area contributed by atoms with Crippen LogP contribution in [0.5, 0.6) is 0 Å². The van der Waals surface area contributed by atoms with E-state index in [0.717, 1.165) is 38.9 Å². The van der Waals surface area contributed by atoms with Crippen molar-refractivity contribution < 1.29 is 9.21 Å². The number of carbonyl (C=O) groups excluding carboxylic acids is 1. The van der Waals surface area contributed by atoms with E-state index in [1.807, 2.05) is 54.6 Å². The smallest absolute Gasteiger partial charge is 0.269 e. The zero-order valence-corrected chi connectivity index (χ0v) is 21.5. The molecule has 1 atom stereocenters. The van der Waals surface area contributed by atoms with Crippen LogP contribution in [0.4, 0.5) is 5.69 Å². The van der Waals surface area contributed by atoms with Crippen LogP contribution < -0.4 is 10.6 Å². The zero-order chi connectivity index (χ0) is 24.5. The number of oxazole rings is 1. The molecule has 0 radical (unpaired) electrons. The highest BCUT2D eigenvalue weighted by molar-refractivity contribution is 7.80. The number of anilines is 1. The topological polar surface area (TPSA) is 67.2 Å². The van der Waals surface area contributed by atoms with Gasteiger partial charge >= 0.3 is 0 Å². The molecule has 0 saturated carbocycles. The van der Waals surface area contributed by atoms with Gasteiger partial charge in [0.15, 0.2) is 10.7 Å². The first-order valence-electron chi connectivity index (χ1n) is 11.2. The molecule has 35 heavy (non-hydrogen) atoms. The maximum Gasteiger partial charge on any atom is 0.269 e. The maximum absolute atomic E-state index is 12.7. The normalized spacial score (nSPS) is 12.1. The van der Waals surface area contributed by atoms with Crippen LogP contribution in [0.15, 0.2) is 71.1 Å². The van der Waals surface area contributed by atoms with Crippen molar-refractivity contribution >= 4 is 73.0 Å². The van der Waals surface area contributed by atoms with E-state index in [0.29, 0.717) is 21.7 Å². The number of carbonyl (C=O) groups is 1. The molecule has 5 rings (SSSR count). The van der Waals surface area contributed by atoms with E-state index in [2.05, 4.69) is 41.6 Å². The summed E-state index contributed by atoms with van der Waals surface area (Å²) < 4.78 is 6.91. The number of nitrogens with zero attached hydrogens (tertiary/aromatic N) is 1. The molecule has 0 aliphatic heterocycles. The number of hydrogen-bond acceptors (Lipinski definition) is 5. The second-order valence-corrected chi connectivity index (χ2v) is 10.1. The largest absolute Gasteiger partial charge is 0.436 e. The molecular weight excluding hydrogens is 498 g/mol. The summed E-state index contributed by atoms with van der Waals surface area (Å²) in [5.74, 6) is 0.695. The van der Waals surface area contributed by atoms with Crippen molar-refractivity contribution in [2.75, 3.05) is 5.32 Å². The SMILES string of the molecule is CC[C@@H](C)c1ccc2oc(-c3ccc(NC(=S)NC(=O)c4sc5ccccc5c4Cl)cc3)nc2c1. The zero-order valence-electron chi connectivity index (χ0n) is 19.1. The summed E-state index contributed by atoms with van der Waals surface area (Å²) in [7, 11) is 0. The van der Waals surface area contributed by atoms with Crippen LogP contribution in [0.1, 0.15) is 41.4 Å². The molecule has 0 aliphatic rings. The van der Waals surface area contributed by atoms with Gasteiger partial charge in [0.1, 0.15) is 10.4 Å². The molecule has 2 heterocycles. The molecule has 0 aliphatic carbocycles. The monoisotopic (exact) mass is 519 g/mol. The van der Waals surface area contributed by atoms with E-state index in [-0.39, 0.29) is 11.0 Å². The molecule has 5 aromatic rings. The van der Waals surface area contributed by atoms with Crippen LogP contribution in [-0.4, -0.2) is 16.0 Å². The van der Waals surface area contributed by atoms with Crippen molar-refractivity contribution in [2.45, 2.75) is 26.2 Å². The number of thiophene rings is 1. The Kier molecular flexibility index (Phi) is 6.56. The average Bonchev–Trinajstić information content (AvgIpc) is 3.45. The molecule has 3 aromatic carbocycles. The first kappa shape index (κ1) is 23.5. The maximum atomic E-state index is 12.7. The van der Waals surface area contributed by atoms with Crippen molar-refractivity contribution in [3.63, 3.8) is 0 Å². The van der Waals surface area contributed by atoms with Gasteiger partial charge in [-0.2, -0.15) is 0 Å². The number of amides is 1. The Morgan fingerprint density at radius 3 is 2.66 bits per heavy atom. The number of nitrogens with one attached hydrogen (secondary N) is 2. The van der Waals surface area contributed by atoms with E-state index in [9.17, 15) is 4.79 Å². The number of thiocarbonyl (C=S) groups is 1. The molecule has 176 valence electrons. The fraction of sp³-hybridized carbons (Fsp3) is 0.148. The number of benzene rings is 3. The summed E-state index contributed by atoms with van der Waals surface area (Å²) >= 11 is 13.1. The molecule has 0 unspecified atom stereocenters. The van der Waals surface area contributed by atoms with E-state index >= 15 is 0 Å². The van der Waals surface area contributed by atoms with Crippen LogP contribution in [-0.2, 0) is 0 Å². The minimum atomic E-state index is -0.339. The molecule has 0 saturated heterocycles. The molecule has 2 aromatic heterocycles. The Morgan fingerprint density at radius 2 is 1.91 bits per heavy atom. The molecule has 0 spiro atoms. The number of fused-ring (bicyclic) bond motifs is 2. The van der Waals surface area contributed by atoms with Gasteiger partial charge in [0.2, 0.25) is 5.89 Å². The van der Waals surface area contributed by atoms with E-state index in [1.54, 1.807) is 0 Å². The third kappa shape index (κ3) is 4.80. The molecular formula is C27H22ClN3O2S2. The lowest BCUT2D eigenvalue weighted by molar-refractivity contribution is 0.0982. The van der Waals surface area contributed by atoms with E-state index in [4.69, 9.17) is 28.2 Å². The molecule has 5 nitrogen and oxygen atoms in total. The van der Waals surface area contributed by atoms with Gasteiger partial charge in [0.25, 0.3) is 5.91 Å². The van der Waals surface area contributed by atoms with Crippen LogP contribution in [0.2, 0.25) is 5.02 Å². The first-order chi connectivity index (χ1) is 16.9. The van der Waals surface area contributed by atoms with Gasteiger partial charge in [-0.25, -0.2) is 4.98 Å². The van der Waals surface area contributed by atoms with Crippen LogP contribution in [0.25, 0.3) is 32.6 Å². The molecule has 1 amide bonds. The quantitative estimate of drug-likeness (QED) is 0.230.